The van der Waals surface area contributed by atoms with Crippen molar-refractivity contribution in [1.29, 1.82) is 0 Å². The van der Waals surface area contributed by atoms with Gasteiger partial charge in [0.05, 0.1) is 26.4 Å². The Hall–Kier alpha value is -0.730. The van der Waals surface area contributed by atoms with E-state index in [-0.39, 0.29) is 11.8 Å². The van der Waals surface area contributed by atoms with Gasteiger partial charge in [-0.15, -0.1) is 0 Å². The van der Waals surface area contributed by atoms with Crippen molar-refractivity contribution in [2.75, 3.05) is 20.3 Å². The van der Waals surface area contributed by atoms with E-state index in [0.717, 1.165) is 0 Å². The number of hydrogen-bond donors (Lipinski definition) is 3. The second kappa shape index (κ2) is 7.33. The van der Waals surface area contributed by atoms with Crippen LogP contribution in [0.25, 0.3) is 0 Å². The summed E-state index contributed by atoms with van der Waals surface area (Å²) in [6, 6.07) is -0.991. The molecule has 20 heavy (non-hydrogen) atoms. The number of aliphatic hydroxyl groups excluding tert-OH is 2. The lowest BCUT2D eigenvalue weighted by Gasteiger charge is -2.35. The molecule has 0 aliphatic carbocycles. The molecule has 3 N–H and O–H groups in total. The second-order valence-electron chi connectivity index (χ2n) is 5.88. The van der Waals surface area contributed by atoms with Gasteiger partial charge in [-0.25, -0.2) is 0 Å². The zero-order valence-corrected chi connectivity index (χ0v) is 12.5. The van der Waals surface area contributed by atoms with Crippen LogP contribution < -0.4 is 5.32 Å². The first-order valence-electron chi connectivity index (χ1n) is 6.68. The van der Waals surface area contributed by atoms with Crippen LogP contribution in [0.3, 0.4) is 0 Å². The Balaban J connectivity index is 2.42. The molecule has 1 heterocycles. The molecule has 0 amide bonds. The largest absolute Gasteiger partial charge is 0.468 e. The summed E-state index contributed by atoms with van der Waals surface area (Å²) >= 11 is 0. The van der Waals surface area contributed by atoms with Crippen molar-refractivity contribution >= 4 is 5.97 Å². The normalized spacial score (nSPS) is 23.9. The van der Waals surface area contributed by atoms with Crippen LogP contribution in [0.15, 0.2) is 0 Å². The van der Waals surface area contributed by atoms with Gasteiger partial charge in [-0.3, -0.25) is 10.1 Å². The van der Waals surface area contributed by atoms with Gasteiger partial charge in [0, 0.05) is 11.8 Å². The first kappa shape index (κ1) is 17.3. The minimum Gasteiger partial charge on any atom is -0.468 e. The number of hydrogen-bond acceptors (Lipinski definition) is 7. The minimum atomic E-state index is -1.04. The molecule has 0 spiro atoms. The third-order valence-corrected chi connectivity index (χ3v) is 3.05. The fourth-order valence-electron chi connectivity index (χ4n) is 1.85. The Morgan fingerprint density at radius 1 is 1.40 bits per heavy atom. The lowest BCUT2D eigenvalue weighted by Crippen LogP contribution is -2.51. The van der Waals surface area contributed by atoms with Crippen molar-refractivity contribution in [2.45, 2.75) is 51.9 Å². The molecule has 0 aromatic heterocycles. The first-order valence-corrected chi connectivity index (χ1v) is 6.68. The van der Waals surface area contributed by atoms with Crippen LogP contribution in [0, 0.1) is 5.41 Å². The van der Waals surface area contributed by atoms with E-state index in [2.05, 4.69) is 10.1 Å². The number of ether oxygens (including phenoxy) is 3. The quantitative estimate of drug-likeness (QED) is 0.453. The molecule has 1 saturated heterocycles. The molecule has 3 atom stereocenters. The van der Waals surface area contributed by atoms with Crippen LogP contribution in [0.1, 0.15) is 27.2 Å². The minimum absolute atomic E-state index is 0.0386. The zero-order valence-electron chi connectivity index (χ0n) is 12.5. The van der Waals surface area contributed by atoms with E-state index >= 15 is 0 Å². The summed E-state index contributed by atoms with van der Waals surface area (Å²) in [5.74, 6) is -0.634. The average molecular weight is 291 g/mol. The van der Waals surface area contributed by atoms with Gasteiger partial charge in [0.25, 0.3) is 0 Å². The first-order chi connectivity index (χ1) is 9.25. The Kier molecular flexibility index (Phi) is 6.35. The van der Waals surface area contributed by atoms with Crippen molar-refractivity contribution in [3.8, 4) is 0 Å². The van der Waals surface area contributed by atoms with E-state index in [1.807, 2.05) is 13.8 Å². The van der Waals surface area contributed by atoms with Gasteiger partial charge in [-0.2, -0.15) is 0 Å². The average Bonchev–Trinajstić information content (AvgIpc) is 2.37. The summed E-state index contributed by atoms with van der Waals surface area (Å²) in [5, 5.41) is 22.0. The van der Waals surface area contributed by atoms with E-state index in [9.17, 15) is 15.0 Å². The molecule has 1 aliphatic heterocycles. The molecular weight excluding hydrogens is 266 g/mol. The predicted molar refractivity (Wildman–Crippen MR) is 70.7 cm³/mol. The molecule has 1 aliphatic rings. The summed E-state index contributed by atoms with van der Waals surface area (Å²) < 4.78 is 15.5. The fraction of sp³-hybridized carbons (Fsp3) is 0.923. The molecule has 7 nitrogen and oxygen atoms in total. The SMILES string of the molecule is COC(=O)[C@@H](NC(O)CC1OCC(C)(C)CO1)[C@@H](C)O. The number of methoxy groups -OCH3 is 1. The maximum Gasteiger partial charge on any atom is 0.325 e. The molecule has 0 aromatic rings. The number of esters is 1. The monoisotopic (exact) mass is 291 g/mol. The van der Waals surface area contributed by atoms with E-state index in [1.165, 1.54) is 14.0 Å². The van der Waals surface area contributed by atoms with Crippen LogP contribution in [0.4, 0.5) is 0 Å². The van der Waals surface area contributed by atoms with Crippen molar-refractivity contribution in [3.63, 3.8) is 0 Å². The van der Waals surface area contributed by atoms with Gasteiger partial charge >= 0.3 is 5.97 Å². The molecule has 0 aromatic carbocycles. The van der Waals surface area contributed by atoms with Crippen molar-refractivity contribution in [3.05, 3.63) is 0 Å². The third kappa shape index (κ3) is 5.34. The Bertz CT molecular complexity index is 310. The van der Waals surface area contributed by atoms with Gasteiger partial charge in [-0.05, 0) is 6.92 Å². The number of rotatable bonds is 6. The standard InChI is InChI=1S/C13H25NO6/c1-8(15)11(12(17)18-4)14-9(16)5-10-19-6-13(2,3)7-20-10/h8-11,14-16H,5-7H2,1-4H3/t8-,9?,11+/m1/s1. The summed E-state index contributed by atoms with van der Waals surface area (Å²) in [4.78, 5) is 11.4. The molecule has 1 unspecified atom stereocenters. The van der Waals surface area contributed by atoms with Crippen molar-refractivity contribution in [1.82, 2.24) is 5.32 Å². The highest BCUT2D eigenvalue weighted by molar-refractivity contribution is 5.76. The highest BCUT2D eigenvalue weighted by atomic mass is 16.7. The summed E-state index contributed by atoms with van der Waals surface area (Å²) in [6.07, 6.45) is -2.39. The Labute approximate surface area is 119 Å². The zero-order chi connectivity index (χ0) is 15.3. The van der Waals surface area contributed by atoms with Gasteiger partial charge in [0.15, 0.2) is 6.29 Å². The number of carbonyl (C=O) groups excluding carboxylic acids is 1. The van der Waals surface area contributed by atoms with Gasteiger partial charge in [-0.1, -0.05) is 13.8 Å². The van der Waals surface area contributed by atoms with Crippen LogP contribution in [0.5, 0.6) is 0 Å². The molecule has 0 bridgehead atoms. The van der Waals surface area contributed by atoms with Gasteiger partial charge in [0.1, 0.15) is 12.3 Å². The fourth-order valence-corrected chi connectivity index (χ4v) is 1.85. The predicted octanol–water partition coefficient (Wildman–Crippen LogP) is -0.394. The van der Waals surface area contributed by atoms with Crippen LogP contribution >= 0.6 is 0 Å². The molecule has 0 saturated carbocycles. The molecule has 0 radical (unpaired) electrons. The van der Waals surface area contributed by atoms with Crippen LogP contribution in [0.2, 0.25) is 0 Å². The van der Waals surface area contributed by atoms with Crippen molar-refractivity contribution in [2.24, 2.45) is 5.41 Å². The van der Waals surface area contributed by atoms with Gasteiger partial charge < -0.3 is 24.4 Å². The Morgan fingerprint density at radius 3 is 2.40 bits per heavy atom. The molecule has 1 rings (SSSR count). The van der Waals surface area contributed by atoms with Gasteiger partial charge in [0.2, 0.25) is 0 Å². The molecule has 7 heteroatoms. The number of aliphatic hydroxyl groups is 2. The maximum atomic E-state index is 11.4. The highest BCUT2D eigenvalue weighted by Crippen LogP contribution is 2.24. The number of nitrogens with one attached hydrogen (secondary N) is 1. The molecule has 118 valence electrons. The van der Waals surface area contributed by atoms with Crippen LogP contribution in [-0.2, 0) is 19.0 Å². The van der Waals surface area contributed by atoms with Crippen molar-refractivity contribution < 1.29 is 29.2 Å². The smallest absolute Gasteiger partial charge is 0.325 e. The van der Waals surface area contributed by atoms with E-state index in [4.69, 9.17) is 9.47 Å². The van der Waals surface area contributed by atoms with E-state index in [0.29, 0.717) is 13.2 Å². The molecular formula is C13H25NO6. The topological polar surface area (TPSA) is 97.3 Å². The summed E-state index contributed by atoms with van der Waals surface area (Å²) in [5.41, 5.74) is -0.0386. The number of carbonyl (C=O) groups is 1. The van der Waals surface area contributed by atoms with Crippen LogP contribution in [-0.4, -0.2) is 61.2 Å². The summed E-state index contributed by atoms with van der Waals surface area (Å²) in [6.45, 7) is 6.58. The van der Waals surface area contributed by atoms with E-state index < -0.39 is 30.6 Å². The van der Waals surface area contributed by atoms with E-state index in [1.54, 1.807) is 0 Å². The highest BCUT2D eigenvalue weighted by Gasteiger charge is 2.32. The third-order valence-electron chi connectivity index (χ3n) is 3.05. The maximum absolute atomic E-state index is 11.4. The molecule has 1 fully saturated rings. The second-order valence-corrected chi connectivity index (χ2v) is 5.88. The summed E-state index contributed by atoms with van der Waals surface area (Å²) in [7, 11) is 1.22. The lowest BCUT2D eigenvalue weighted by molar-refractivity contribution is -0.232. The Morgan fingerprint density at radius 2 is 1.95 bits per heavy atom. The lowest BCUT2D eigenvalue weighted by atomic mass is 9.95.